The minimum Gasteiger partial charge on any atom is -0.480 e. The van der Waals surface area contributed by atoms with Gasteiger partial charge in [-0.3, -0.25) is 9.69 Å². The number of anilines is 1. The van der Waals surface area contributed by atoms with Crippen LogP contribution < -0.4 is 4.90 Å². The Kier molecular flexibility index (Phi) is 5.00. The lowest BCUT2D eigenvalue weighted by molar-refractivity contribution is -0.143. The largest absolute Gasteiger partial charge is 0.480 e. The van der Waals surface area contributed by atoms with Gasteiger partial charge in [-0.1, -0.05) is 29.8 Å². The Morgan fingerprint density at radius 2 is 1.81 bits per heavy atom. The van der Waals surface area contributed by atoms with Gasteiger partial charge in [0.2, 0.25) is 0 Å². The molecule has 0 amide bonds. The molecule has 31 heavy (non-hydrogen) atoms. The Labute approximate surface area is 184 Å². The minimum atomic E-state index is -0.856. The van der Waals surface area contributed by atoms with Crippen molar-refractivity contribution in [2.75, 3.05) is 31.1 Å². The van der Waals surface area contributed by atoms with Gasteiger partial charge in [0.05, 0.1) is 16.7 Å². The predicted molar refractivity (Wildman–Crippen MR) is 122 cm³/mol. The number of carbonyl (C=O) groups is 1. The maximum absolute atomic E-state index is 12.2. The van der Waals surface area contributed by atoms with Crippen molar-refractivity contribution < 1.29 is 9.90 Å². The molecule has 3 heterocycles. The maximum atomic E-state index is 12.2. The van der Waals surface area contributed by atoms with Gasteiger partial charge in [-0.25, -0.2) is 9.97 Å². The van der Waals surface area contributed by atoms with Crippen LogP contribution in [0, 0.1) is 6.92 Å². The summed E-state index contributed by atoms with van der Waals surface area (Å²) in [7, 11) is 0. The van der Waals surface area contributed by atoms with Gasteiger partial charge in [0.15, 0.2) is 5.82 Å². The van der Waals surface area contributed by atoms with E-state index in [0.29, 0.717) is 31.2 Å². The third-order valence-electron chi connectivity index (χ3n) is 5.90. The summed E-state index contributed by atoms with van der Waals surface area (Å²) in [5.41, 5.74) is 4.23. The van der Waals surface area contributed by atoms with Crippen LogP contribution in [0.1, 0.15) is 17.3 Å². The molecule has 1 fully saturated rings. The van der Waals surface area contributed by atoms with E-state index in [1.165, 1.54) is 0 Å². The first kappa shape index (κ1) is 19.8. The molecule has 0 unspecified atom stereocenters. The van der Waals surface area contributed by atoms with Crippen molar-refractivity contribution in [3.05, 3.63) is 64.9 Å². The molecule has 0 bridgehead atoms. The number of carboxylic acid groups (broad SMARTS) is 1. The summed E-state index contributed by atoms with van der Waals surface area (Å²) >= 11 is 6.08. The highest BCUT2D eigenvalue weighted by Crippen LogP contribution is 2.31. The highest BCUT2D eigenvalue weighted by atomic mass is 35.5. The summed E-state index contributed by atoms with van der Waals surface area (Å²) in [5.74, 6) is 0.0120. The van der Waals surface area contributed by atoms with Crippen molar-refractivity contribution in [1.82, 2.24) is 19.9 Å². The molecule has 7 nitrogen and oxygen atoms in total. The quantitative estimate of drug-likeness (QED) is 0.503. The number of aryl methyl sites for hydroxylation is 1. The Balaban J connectivity index is 1.39. The van der Waals surface area contributed by atoms with Gasteiger partial charge in [-0.15, -0.1) is 0 Å². The molecule has 0 spiro atoms. The average Bonchev–Trinajstić information content (AvgIpc) is 3.16. The van der Waals surface area contributed by atoms with Crippen LogP contribution in [0.2, 0.25) is 5.02 Å². The normalized spacial score (nSPS) is 16.1. The third kappa shape index (κ3) is 3.60. The van der Waals surface area contributed by atoms with Crippen LogP contribution in [0.4, 0.5) is 5.82 Å². The highest BCUT2D eigenvalue weighted by molar-refractivity contribution is 6.31. The summed E-state index contributed by atoms with van der Waals surface area (Å²) in [6, 6.07) is 12.6. The van der Waals surface area contributed by atoms with E-state index in [2.05, 4.69) is 14.9 Å². The lowest BCUT2D eigenvalue weighted by atomic mass is 10.0. The van der Waals surface area contributed by atoms with Crippen LogP contribution in [-0.2, 0) is 4.79 Å². The molecule has 4 aromatic rings. The standard InChI is InChI=1S/C23H22ClN5O2/c1-14-22(27-19-5-3-2-4-18(19)26-14)29-10-8-28(9-11-29)21(23(30)31)17-13-25-20-12-15(24)6-7-16(17)20/h2-7,12-13,21,25H,8-11H2,1H3,(H,30,31)/t21-/m0/s1. The van der Waals surface area contributed by atoms with Crippen LogP contribution >= 0.6 is 11.6 Å². The van der Waals surface area contributed by atoms with Gasteiger partial charge in [-0.05, 0) is 31.2 Å². The minimum absolute atomic E-state index is 0.616. The van der Waals surface area contributed by atoms with E-state index in [1.54, 1.807) is 12.3 Å². The van der Waals surface area contributed by atoms with Crippen molar-refractivity contribution in [2.24, 2.45) is 0 Å². The second kappa shape index (κ2) is 7.83. The van der Waals surface area contributed by atoms with Crippen LogP contribution in [0.15, 0.2) is 48.7 Å². The molecule has 0 saturated carbocycles. The summed E-state index contributed by atoms with van der Waals surface area (Å²) < 4.78 is 0. The maximum Gasteiger partial charge on any atom is 0.325 e. The van der Waals surface area contributed by atoms with E-state index in [1.807, 2.05) is 48.2 Å². The smallest absolute Gasteiger partial charge is 0.325 e. The molecule has 8 heteroatoms. The van der Waals surface area contributed by atoms with Gasteiger partial charge < -0.3 is 15.0 Å². The zero-order valence-corrected chi connectivity index (χ0v) is 17.8. The molecule has 2 aromatic carbocycles. The van der Waals surface area contributed by atoms with E-state index >= 15 is 0 Å². The number of nitrogens with one attached hydrogen (secondary N) is 1. The Bertz CT molecular complexity index is 1280. The molecule has 0 radical (unpaired) electrons. The number of aromatic nitrogens is 3. The number of halogens is 1. The number of H-pyrrole nitrogens is 1. The van der Waals surface area contributed by atoms with Gasteiger partial charge in [0.1, 0.15) is 6.04 Å². The van der Waals surface area contributed by atoms with Crippen LogP contribution in [0.25, 0.3) is 21.9 Å². The second-order valence-electron chi connectivity index (χ2n) is 7.82. The van der Waals surface area contributed by atoms with Crippen LogP contribution in [-0.4, -0.2) is 57.1 Å². The molecule has 2 aromatic heterocycles. The first-order valence-electron chi connectivity index (χ1n) is 10.2. The summed E-state index contributed by atoms with van der Waals surface area (Å²) in [4.78, 5) is 29.1. The van der Waals surface area contributed by atoms with Crippen molar-refractivity contribution in [1.29, 1.82) is 0 Å². The number of piperazine rings is 1. The fraction of sp³-hybridized carbons (Fsp3) is 0.261. The zero-order valence-electron chi connectivity index (χ0n) is 17.0. The number of benzene rings is 2. The lowest BCUT2D eigenvalue weighted by Crippen LogP contribution is -2.49. The summed E-state index contributed by atoms with van der Waals surface area (Å²) in [5, 5.41) is 11.5. The monoisotopic (exact) mass is 435 g/mol. The van der Waals surface area contributed by atoms with Gasteiger partial charge in [0.25, 0.3) is 0 Å². The number of hydrogen-bond acceptors (Lipinski definition) is 5. The number of carboxylic acids is 1. The molecular formula is C23H22ClN5O2. The molecule has 1 saturated heterocycles. The third-order valence-corrected chi connectivity index (χ3v) is 6.14. The van der Waals surface area contributed by atoms with Gasteiger partial charge in [0, 0.05) is 53.9 Å². The lowest BCUT2D eigenvalue weighted by Gasteiger charge is -2.38. The topological polar surface area (TPSA) is 85.3 Å². The van der Waals surface area contributed by atoms with Crippen molar-refractivity contribution in [3.8, 4) is 0 Å². The SMILES string of the molecule is Cc1nc2ccccc2nc1N1CCN([C@H](C(=O)O)c2c[nH]c3cc(Cl)ccc23)CC1. The Hall–Kier alpha value is -3.16. The van der Waals surface area contributed by atoms with Crippen LogP contribution in [0.3, 0.4) is 0 Å². The molecule has 1 atom stereocenters. The van der Waals surface area contributed by atoms with Crippen molar-refractivity contribution in [2.45, 2.75) is 13.0 Å². The first-order chi connectivity index (χ1) is 15.0. The number of aromatic amines is 1. The number of hydrogen-bond donors (Lipinski definition) is 2. The molecular weight excluding hydrogens is 414 g/mol. The molecule has 1 aliphatic heterocycles. The molecule has 158 valence electrons. The van der Waals surface area contributed by atoms with Crippen molar-refractivity contribution in [3.63, 3.8) is 0 Å². The number of para-hydroxylation sites is 2. The van der Waals surface area contributed by atoms with E-state index in [0.717, 1.165) is 39.0 Å². The molecule has 1 aliphatic rings. The summed E-state index contributed by atoms with van der Waals surface area (Å²) in [6.45, 7) is 4.58. The van der Waals surface area contributed by atoms with E-state index in [-0.39, 0.29) is 0 Å². The fourth-order valence-electron chi connectivity index (χ4n) is 4.40. The van der Waals surface area contributed by atoms with Gasteiger partial charge >= 0.3 is 5.97 Å². The fourth-order valence-corrected chi connectivity index (χ4v) is 4.58. The van der Waals surface area contributed by atoms with Crippen LogP contribution in [0.5, 0.6) is 0 Å². The Morgan fingerprint density at radius 1 is 1.10 bits per heavy atom. The van der Waals surface area contributed by atoms with E-state index < -0.39 is 12.0 Å². The van der Waals surface area contributed by atoms with Gasteiger partial charge in [-0.2, -0.15) is 0 Å². The number of fused-ring (bicyclic) bond motifs is 2. The highest BCUT2D eigenvalue weighted by Gasteiger charge is 2.32. The van der Waals surface area contributed by atoms with Crippen molar-refractivity contribution >= 4 is 45.3 Å². The number of aliphatic carboxylic acids is 1. The average molecular weight is 436 g/mol. The summed E-state index contributed by atoms with van der Waals surface area (Å²) in [6.07, 6.45) is 1.78. The first-order valence-corrected chi connectivity index (χ1v) is 10.6. The van der Waals surface area contributed by atoms with E-state index in [4.69, 9.17) is 16.6 Å². The van der Waals surface area contributed by atoms with E-state index in [9.17, 15) is 9.90 Å². The number of rotatable bonds is 4. The zero-order chi connectivity index (χ0) is 21.5. The molecule has 0 aliphatic carbocycles. The molecule has 5 rings (SSSR count). The predicted octanol–water partition coefficient (Wildman–Crippen LogP) is 4.02. The Morgan fingerprint density at radius 3 is 2.52 bits per heavy atom. The number of nitrogens with zero attached hydrogens (tertiary/aromatic N) is 4. The second-order valence-corrected chi connectivity index (χ2v) is 8.26. The molecule has 2 N–H and O–H groups in total.